The molecule has 100 valence electrons. The maximum absolute atomic E-state index is 5.70. The predicted octanol–water partition coefficient (Wildman–Crippen LogP) is 2.55. The molecule has 0 bridgehead atoms. The highest BCUT2D eigenvalue weighted by molar-refractivity contribution is 7.05. The number of nitrogens with zero attached hydrogens (tertiary/aromatic N) is 2. The van der Waals surface area contributed by atoms with Crippen molar-refractivity contribution in [3.63, 3.8) is 0 Å². The minimum atomic E-state index is 0.149. The van der Waals surface area contributed by atoms with Gasteiger partial charge in [0, 0.05) is 0 Å². The Bertz CT molecular complexity index is 526. The summed E-state index contributed by atoms with van der Waals surface area (Å²) in [6.07, 6.45) is 6.53. The van der Waals surface area contributed by atoms with E-state index in [-0.39, 0.29) is 6.04 Å². The second kappa shape index (κ2) is 5.77. The van der Waals surface area contributed by atoms with Crippen molar-refractivity contribution >= 4 is 11.5 Å². The first kappa shape index (κ1) is 12.7. The third kappa shape index (κ3) is 2.68. The molecule has 2 unspecified atom stereocenters. The van der Waals surface area contributed by atoms with Crippen LogP contribution < -0.4 is 11.3 Å². The number of fused-ring (bicyclic) bond motifs is 1. The average Bonchev–Trinajstić information content (AvgIpc) is 2.99. The van der Waals surface area contributed by atoms with Gasteiger partial charge in [-0.1, -0.05) is 28.8 Å². The molecular weight excluding hydrogens is 256 g/mol. The minimum Gasteiger partial charge on any atom is -0.271 e. The Balaban J connectivity index is 1.80. The molecule has 2 aromatic rings. The molecule has 1 aliphatic rings. The maximum atomic E-state index is 5.70. The zero-order chi connectivity index (χ0) is 13.1. The lowest BCUT2D eigenvalue weighted by molar-refractivity contribution is 0.429. The van der Waals surface area contributed by atoms with Crippen molar-refractivity contribution in [2.45, 2.75) is 37.6 Å². The normalized spacial score (nSPS) is 19.9. The number of hydrazine groups is 1. The first-order chi connectivity index (χ1) is 9.38. The maximum Gasteiger partial charge on any atom is 0.0669 e. The molecule has 0 saturated heterocycles. The molecule has 1 aromatic heterocycles. The molecule has 4 nitrogen and oxygen atoms in total. The molecular formula is C14H18N4S. The molecule has 19 heavy (non-hydrogen) atoms. The molecule has 3 N–H and O–H groups in total. The van der Waals surface area contributed by atoms with Crippen LogP contribution in [0.4, 0.5) is 0 Å². The average molecular weight is 274 g/mol. The van der Waals surface area contributed by atoms with E-state index in [1.807, 2.05) is 6.20 Å². The number of aryl methyl sites for hydroxylation is 1. The molecule has 2 atom stereocenters. The summed E-state index contributed by atoms with van der Waals surface area (Å²) in [6.45, 7) is 0. The number of aromatic nitrogens is 2. The van der Waals surface area contributed by atoms with E-state index in [0.29, 0.717) is 5.92 Å². The summed E-state index contributed by atoms with van der Waals surface area (Å²) in [7, 11) is 0. The Kier molecular flexibility index (Phi) is 3.87. The highest BCUT2D eigenvalue weighted by Crippen LogP contribution is 2.37. The van der Waals surface area contributed by atoms with Gasteiger partial charge in [-0.15, -0.1) is 5.10 Å². The fraction of sp³-hybridized carbons (Fsp3) is 0.429. The van der Waals surface area contributed by atoms with Gasteiger partial charge in [0.25, 0.3) is 0 Å². The number of benzene rings is 1. The third-order valence-corrected chi connectivity index (χ3v) is 4.71. The standard InChI is InChI=1S/C14H18N4S/c15-17-13(14-9-16-18-19-14)8-11-6-3-5-10-4-1-2-7-12(10)11/h1-2,4,7,9,11,13,17H,3,5-6,8,15H2. The van der Waals surface area contributed by atoms with E-state index >= 15 is 0 Å². The van der Waals surface area contributed by atoms with Gasteiger partial charge in [0.2, 0.25) is 0 Å². The van der Waals surface area contributed by atoms with Crippen molar-refractivity contribution in [2.24, 2.45) is 5.84 Å². The molecule has 0 radical (unpaired) electrons. The van der Waals surface area contributed by atoms with Crippen molar-refractivity contribution in [3.8, 4) is 0 Å². The fourth-order valence-electron chi connectivity index (χ4n) is 2.98. The largest absolute Gasteiger partial charge is 0.271 e. The van der Waals surface area contributed by atoms with Crippen LogP contribution in [0.3, 0.4) is 0 Å². The van der Waals surface area contributed by atoms with Gasteiger partial charge in [-0.2, -0.15) is 0 Å². The molecule has 3 rings (SSSR count). The molecule has 0 saturated carbocycles. The Hall–Kier alpha value is -1.30. The highest BCUT2D eigenvalue weighted by Gasteiger charge is 2.24. The number of hydrogen-bond donors (Lipinski definition) is 2. The van der Waals surface area contributed by atoms with Gasteiger partial charge in [0.05, 0.1) is 17.1 Å². The van der Waals surface area contributed by atoms with Crippen LogP contribution in [0.2, 0.25) is 0 Å². The van der Waals surface area contributed by atoms with Crippen LogP contribution >= 0.6 is 11.5 Å². The summed E-state index contributed by atoms with van der Waals surface area (Å²) in [4.78, 5) is 1.12. The van der Waals surface area contributed by atoms with Crippen LogP contribution in [0.5, 0.6) is 0 Å². The van der Waals surface area contributed by atoms with Crippen molar-refractivity contribution in [1.82, 2.24) is 15.0 Å². The molecule has 0 aliphatic heterocycles. The van der Waals surface area contributed by atoms with Crippen molar-refractivity contribution in [2.75, 3.05) is 0 Å². The first-order valence-electron chi connectivity index (χ1n) is 6.69. The quantitative estimate of drug-likeness (QED) is 0.664. The summed E-state index contributed by atoms with van der Waals surface area (Å²) in [5.41, 5.74) is 5.90. The van der Waals surface area contributed by atoms with Crippen molar-refractivity contribution in [3.05, 3.63) is 46.5 Å². The SMILES string of the molecule is NNC(CC1CCCc2ccccc21)c1cnns1. The van der Waals surface area contributed by atoms with Crippen LogP contribution in [-0.2, 0) is 6.42 Å². The molecule has 5 heteroatoms. The molecule has 0 spiro atoms. The number of nitrogens with one attached hydrogen (secondary N) is 1. The minimum absolute atomic E-state index is 0.149. The Morgan fingerprint density at radius 2 is 2.32 bits per heavy atom. The van der Waals surface area contributed by atoms with Crippen molar-refractivity contribution in [1.29, 1.82) is 0 Å². The van der Waals surface area contributed by atoms with Gasteiger partial charge >= 0.3 is 0 Å². The van der Waals surface area contributed by atoms with E-state index in [1.165, 1.54) is 41.9 Å². The van der Waals surface area contributed by atoms with E-state index in [1.54, 1.807) is 0 Å². The van der Waals surface area contributed by atoms with Gasteiger partial charge < -0.3 is 0 Å². The van der Waals surface area contributed by atoms with Crippen LogP contribution in [0, 0.1) is 0 Å². The molecule has 1 aromatic carbocycles. The lowest BCUT2D eigenvalue weighted by atomic mass is 9.79. The van der Waals surface area contributed by atoms with E-state index < -0.39 is 0 Å². The number of nitrogens with two attached hydrogens (primary N) is 1. The second-order valence-corrected chi connectivity index (χ2v) is 5.88. The zero-order valence-electron chi connectivity index (χ0n) is 10.7. The topological polar surface area (TPSA) is 63.8 Å². The lowest BCUT2D eigenvalue weighted by Crippen LogP contribution is -2.29. The monoisotopic (exact) mass is 274 g/mol. The van der Waals surface area contributed by atoms with Crippen LogP contribution in [0.25, 0.3) is 0 Å². The van der Waals surface area contributed by atoms with E-state index in [0.717, 1.165) is 11.3 Å². The summed E-state index contributed by atoms with van der Waals surface area (Å²) in [5, 5.41) is 3.90. The summed E-state index contributed by atoms with van der Waals surface area (Å²) in [5.74, 6) is 6.28. The van der Waals surface area contributed by atoms with Gasteiger partial charge in [0.1, 0.15) is 0 Å². The number of hydrogen-bond acceptors (Lipinski definition) is 5. The molecule has 1 aliphatic carbocycles. The van der Waals surface area contributed by atoms with Crippen LogP contribution in [0.15, 0.2) is 30.5 Å². The lowest BCUT2D eigenvalue weighted by Gasteiger charge is -2.28. The summed E-state index contributed by atoms with van der Waals surface area (Å²) < 4.78 is 3.92. The smallest absolute Gasteiger partial charge is 0.0669 e. The highest BCUT2D eigenvalue weighted by atomic mass is 32.1. The first-order valence-corrected chi connectivity index (χ1v) is 7.47. The Labute approximate surface area is 117 Å². The molecule has 0 fully saturated rings. The number of rotatable bonds is 4. The molecule has 1 heterocycles. The summed E-state index contributed by atoms with van der Waals surface area (Å²) in [6, 6.07) is 8.93. The Morgan fingerprint density at radius 1 is 1.42 bits per heavy atom. The van der Waals surface area contributed by atoms with E-state index in [9.17, 15) is 0 Å². The van der Waals surface area contributed by atoms with Gasteiger partial charge in [-0.25, -0.2) is 0 Å². The molecule has 0 amide bonds. The van der Waals surface area contributed by atoms with Gasteiger partial charge in [0.15, 0.2) is 0 Å². The second-order valence-electron chi connectivity index (χ2n) is 5.06. The Morgan fingerprint density at radius 3 is 3.11 bits per heavy atom. The fourth-order valence-corrected chi connectivity index (χ4v) is 3.55. The van der Waals surface area contributed by atoms with Gasteiger partial charge in [-0.3, -0.25) is 11.3 Å². The summed E-state index contributed by atoms with van der Waals surface area (Å²) >= 11 is 1.42. The van der Waals surface area contributed by atoms with Crippen LogP contribution in [-0.4, -0.2) is 9.59 Å². The predicted molar refractivity (Wildman–Crippen MR) is 76.7 cm³/mol. The van der Waals surface area contributed by atoms with E-state index in [2.05, 4.69) is 39.3 Å². The van der Waals surface area contributed by atoms with Crippen LogP contribution in [0.1, 0.15) is 47.2 Å². The van der Waals surface area contributed by atoms with E-state index in [4.69, 9.17) is 5.84 Å². The third-order valence-electron chi connectivity index (χ3n) is 3.94. The zero-order valence-corrected chi connectivity index (χ0v) is 11.6. The van der Waals surface area contributed by atoms with Crippen molar-refractivity contribution < 1.29 is 0 Å². The van der Waals surface area contributed by atoms with Gasteiger partial charge in [-0.05, 0) is 54.3 Å².